The number of phenols is 1. The zero-order valence-corrected chi connectivity index (χ0v) is 12.2. The second-order valence-electron chi connectivity index (χ2n) is 4.69. The van der Waals surface area contributed by atoms with E-state index in [9.17, 15) is 5.11 Å². The second kappa shape index (κ2) is 6.69. The number of nitrogens with one attached hydrogen (secondary N) is 1. The molecule has 4 heteroatoms. The van der Waals surface area contributed by atoms with E-state index in [1.807, 2.05) is 17.8 Å². The van der Waals surface area contributed by atoms with E-state index in [4.69, 9.17) is 11.6 Å². The number of aromatic hydroxyl groups is 1. The molecule has 0 aliphatic heterocycles. The molecule has 1 saturated carbocycles. The SMILES string of the molecule is CCSC1CCCC1NCc1cc(Cl)ccc1O. The van der Waals surface area contributed by atoms with Gasteiger partial charge in [0.05, 0.1) is 0 Å². The molecule has 1 fully saturated rings. The summed E-state index contributed by atoms with van der Waals surface area (Å²) in [6, 6.07) is 5.77. The number of benzene rings is 1. The number of hydrogen-bond donors (Lipinski definition) is 2. The molecule has 0 bridgehead atoms. The van der Waals surface area contributed by atoms with E-state index in [1.165, 1.54) is 25.0 Å². The van der Waals surface area contributed by atoms with Crippen LogP contribution in [0.5, 0.6) is 5.75 Å². The minimum absolute atomic E-state index is 0.324. The van der Waals surface area contributed by atoms with Crippen LogP contribution in [0.3, 0.4) is 0 Å². The van der Waals surface area contributed by atoms with Crippen LogP contribution in [0.15, 0.2) is 18.2 Å². The molecule has 1 aliphatic rings. The average molecular weight is 286 g/mol. The molecular formula is C14H20ClNOS. The maximum Gasteiger partial charge on any atom is 0.120 e. The zero-order valence-electron chi connectivity index (χ0n) is 10.7. The van der Waals surface area contributed by atoms with E-state index in [0.29, 0.717) is 23.4 Å². The highest BCUT2D eigenvalue weighted by molar-refractivity contribution is 7.99. The Morgan fingerprint density at radius 1 is 1.44 bits per heavy atom. The van der Waals surface area contributed by atoms with Gasteiger partial charge in [0.1, 0.15) is 5.75 Å². The van der Waals surface area contributed by atoms with Crippen LogP contribution in [0.25, 0.3) is 0 Å². The normalized spacial score (nSPS) is 23.4. The Bertz CT molecular complexity index is 399. The molecule has 0 saturated heterocycles. The first-order chi connectivity index (χ1) is 8.70. The molecular weight excluding hydrogens is 266 g/mol. The van der Waals surface area contributed by atoms with Crippen molar-refractivity contribution in [3.63, 3.8) is 0 Å². The average Bonchev–Trinajstić information content (AvgIpc) is 2.78. The van der Waals surface area contributed by atoms with Gasteiger partial charge in [-0.2, -0.15) is 11.8 Å². The van der Waals surface area contributed by atoms with Crippen LogP contribution < -0.4 is 5.32 Å². The fourth-order valence-electron chi connectivity index (χ4n) is 2.51. The van der Waals surface area contributed by atoms with E-state index in [2.05, 4.69) is 12.2 Å². The predicted octanol–water partition coefficient (Wildman–Crippen LogP) is 3.81. The first kappa shape index (κ1) is 14.0. The van der Waals surface area contributed by atoms with Crippen LogP contribution in [-0.2, 0) is 6.54 Å². The highest BCUT2D eigenvalue weighted by Gasteiger charge is 2.26. The van der Waals surface area contributed by atoms with Crippen LogP contribution >= 0.6 is 23.4 Å². The molecule has 1 aromatic carbocycles. The molecule has 100 valence electrons. The van der Waals surface area contributed by atoms with E-state index in [-0.39, 0.29) is 0 Å². The lowest BCUT2D eigenvalue weighted by atomic mass is 10.1. The van der Waals surface area contributed by atoms with Crippen molar-refractivity contribution < 1.29 is 5.11 Å². The maximum atomic E-state index is 9.77. The Labute approximate surface area is 118 Å². The molecule has 2 nitrogen and oxygen atoms in total. The fourth-order valence-corrected chi connectivity index (χ4v) is 3.93. The zero-order chi connectivity index (χ0) is 13.0. The van der Waals surface area contributed by atoms with Crippen molar-refractivity contribution in [1.82, 2.24) is 5.32 Å². The number of thioether (sulfide) groups is 1. The Balaban J connectivity index is 1.92. The van der Waals surface area contributed by atoms with Crippen molar-refractivity contribution in [1.29, 1.82) is 0 Å². The van der Waals surface area contributed by atoms with Gasteiger partial charge < -0.3 is 10.4 Å². The smallest absolute Gasteiger partial charge is 0.120 e. The summed E-state index contributed by atoms with van der Waals surface area (Å²) in [7, 11) is 0. The molecule has 2 unspecified atom stereocenters. The number of hydrogen-bond acceptors (Lipinski definition) is 3. The van der Waals surface area contributed by atoms with Gasteiger partial charge in [-0.25, -0.2) is 0 Å². The fraction of sp³-hybridized carbons (Fsp3) is 0.571. The summed E-state index contributed by atoms with van der Waals surface area (Å²) in [4.78, 5) is 0. The minimum atomic E-state index is 0.324. The number of phenolic OH excluding ortho intramolecular Hbond substituents is 1. The van der Waals surface area contributed by atoms with Crippen LogP contribution in [0.2, 0.25) is 5.02 Å². The molecule has 0 radical (unpaired) electrons. The van der Waals surface area contributed by atoms with E-state index >= 15 is 0 Å². The van der Waals surface area contributed by atoms with Crippen LogP contribution in [0.1, 0.15) is 31.7 Å². The highest BCUT2D eigenvalue weighted by atomic mass is 35.5. The van der Waals surface area contributed by atoms with Gasteiger partial charge in [-0.3, -0.25) is 0 Å². The molecule has 18 heavy (non-hydrogen) atoms. The topological polar surface area (TPSA) is 32.3 Å². The lowest BCUT2D eigenvalue weighted by Crippen LogP contribution is -2.33. The van der Waals surface area contributed by atoms with Gasteiger partial charge in [0.2, 0.25) is 0 Å². The summed E-state index contributed by atoms with van der Waals surface area (Å²) in [5.74, 6) is 1.50. The third-order valence-corrected chi connectivity index (χ3v) is 4.99. The molecule has 1 aromatic rings. The van der Waals surface area contributed by atoms with Crippen LogP contribution in [-0.4, -0.2) is 22.2 Å². The Morgan fingerprint density at radius 3 is 3.06 bits per heavy atom. The summed E-state index contributed by atoms with van der Waals surface area (Å²) < 4.78 is 0. The molecule has 0 aromatic heterocycles. The van der Waals surface area contributed by atoms with Gasteiger partial charge in [0, 0.05) is 28.4 Å². The lowest BCUT2D eigenvalue weighted by Gasteiger charge is -2.20. The molecule has 2 N–H and O–H groups in total. The summed E-state index contributed by atoms with van der Waals surface area (Å²) in [6.07, 6.45) is 3.84. The van der Waals surface area contributed by atoms with Crippen molar-refractivity contribution >= 4 is 23.4 Å². The van der Waals surface area contributed by atoms with Gasteiger partial charge in [0.15, 0.2) is 0 Å². The maximum absolute atomic E-state index is 9.77. The first-order valence-corrected chi connectivity index (χ1v) is 7.95. The Morgan fingerprint density at radius 2 is 2.28 bits per heavy atom. The Hall–Kier alpha value is -0.380. The molecule has 2 atom stereocenters. The molecule has 0 heterocycles. The number of halogens is 1. The minimum Gasteiger partial charge on any atom is -0.508 e. The number of rotatable bonds is 5. The summed E-state index contributed by atoms with van der Waals surface area (Å²) in [6.45, 7) is 2.90. The van der Waals surface area contributed by atoms with Gasteiger partial charge >= 0.3 is 0 Å². The van der Waals surface area contributed by atoms with Crippen LogP contribution in [0.4, 0.5) is 0 Å². The molecule has 2 rings (SSSR count). The summed E-state index contributed by atoms with van der Waals surface area (Å²) in [5, 5.41) is 14.7. The van der Waals surface area contributed by atoms with Gasteiger partial charge in [-0.05, 0) is 36.8 Å². The Kier molecular flexibility index (Phi) is 5.22. The summed E-state index contributed by atoms with van der Waals surface area (Å²) >= 11 is 7.99. The molecule has 0 spiro atoms. The van der Waals surface area contributed by atoms with Crippen molar-refractivity contribution in [2.75, 3.05) is 5.75 Å². The van der Waals surface area contributed by atoms with Crippen molar-refractivity contribution in [2.45, 2.75) is 44.0 Å². The third kappa shape index (κ3) is 3.56. The second-order valence-corrected chi connectivity index (χ2v) is 6.64. The molecule has 1 aliphatic carbocycles. The van der Waals surface area contributed by atoms with Gasteiger partial charge in [-0.15, -0.1) is 0 Å². The monoisotopic (exact) mass is 285 g/mol. The van der Waals surface area contributed by atoms with Crippen molar-refractivity contribution in [3.05, 3.63) is 28.8 Å². The van der Waals surface area contributed by atoms with E-state index in [0.717, 1.165) is 10.8 Å². The highest BCUT2D eigenvalue weighted by Crippen LogP contribution is 2.30. The molecule has 0 amide bonds. The predicted molar refractivity (Wildman–Crippen MR) is 79.5 cm³/mol. The van der Waals surface area contributed by atoms with Gasteiger partial charge in [0.25, 0.3) is 0 Å². The van der Waals surface area contributed by atoms with Crippen molar-refractivity contribution in [2.24, 2.45) is 0 Å². The summed E-state index contributed by atoms with van der Waals surface area (Å²) in [5.41, 5.74) is 0.884. The van der Waals surface area contributed by atoms with E-state index < -0.39 is 0 Å². The first-order valence-electron chi connectivity index (χ1n) is 6.53. The lowest BCUT2D eigenvalue weighted by molar-refractivity contribution is 0.457. The van der Waals surface area contributed by atoms with E-state index in [1.54, 1.807) is 12.1 Å². The third-order valence-electron chi connectivity index (χ3n) is 3.43. The van der Waals surface area contributed by atoms with Gasteiger partial charge in [-0.1, -0.05) is 24.9 Å². The quantitative estimate of drug-likeness (QED) is 0.863. The van der Waals surface area contributed by atoms with Crippen LogP contribution in [0, 0.1) is 0 Å². The largest absolute Gasteiger partial charge is 0.508 e. The standard InChI is InChI=1S/C14H20ClNOS/c1-2-18-14-5-3-4-12(14)16-9-10-8-11(15)6-7-13(10)17/h6-8,12,14,16-17H,2-5,9H2,1H3. The van der Waals surface area contributed by atoms with Crippen molar-refractivity contribution in [3.8, 4) is 5.75 Å².